The predicted molar refractivity (Wildman–Crippen MR) is 109 cm³/mol. The lowest BCUT2D eigenvalue weighted by Crippen LogP contribution is -2.18. The highest BCUT2D eigenvalue weighted by molar-refractivity contribution is 14.1. The molecule has 0 atom stereocenters. The molecule has 1 heterocycles. The van der Waals surface area contributed by atoms with E-state index in [0.717, 1.165) is 9.13 Å². The summed E-state index contributed by atoms with van der Waals surface area (Å²) in [6.45, 7) is 2.49. The van der Waals surface area contributed by atoms with Crippen LogP contribution in [-0.4, -0.2) is 30.3 Å². The van der Waals surface area contributed by atoms with Crippen molar-refractivity contribution in [2.45, 2.75) is 6.92 Å². The molecule has 134 valence electrons. The molecule has 1 amide bonds. The van der Waals surface area contributed by atoms with E-state index in [4.69, 9.17) is 27.5 Å². The van der Waals surface area contributed by atoms with E-state index in [0.29, 0.717) is 18.1 Å². The number of nitrogens with one attached hydrogen (secondary N) is 1. The zero-order chi connectivity index (χ0) is 18.9. The van der Waals surface area contributed by atoms with Gasteiger partial charge < -0.3 is 9.47 Å². The van der Waals surface area contributed by atoms with Gasteiger partial charge in [-0.3, -0.25) is 4.79 Å². The van der Waals surface area contributed by atoms with Gasteiger partial charge in [0.05, 0.1) is 22.0 Å². The minimum atomic E-state index is -0.451. The van der Waals surface area contributed by atoms with E-state index in [-0.39, 0.29) is 17.3 Å². The number of hydrogen-bond acceptors (Lipinski definition) is 5. The van der Waals surface area contributed by atoms with Crippen molar-refractivity contribution in [1.29, 1.82) is 0 Å². The smallest absolute Gasteiger partial charge is 0.274 e. The summed E-state index contributed by atoms with van der Waals surface area (Å²) in [6, 6.07) is 6.77. The molecule has 2 rings (SSSR count). The molecule has 0 unspecified atom stereocenters. The van der Waals surface area contributed by atoms with E-state index in [2.05, 4.69) is 44.0 Å². The molecule has 0 saturated carbocycles. The Bertz CT molecular complexity index is 865. The zero-order valence-corrected chi connectivity index (χ0v) is 16.7. The first-order chi connectivity index (χ1) is 12.6. The van der Waals surface area contributed by atoms with E-state index in [1.54, 1.807) is 18.2 Å². The van der Waals surface area contributed by atoms with Gasteiger partial charge in [-0.15, -0.1) is 6.42 Å². The van der Waals surface area contributed by atoms with Crippen molar-refractivity contribution in [3.05, 3.63) is 50.3 Å². The number of hydrazone groups is 1. The average molecular weight is 484 g/mol. The van der Waals surface area contributed by atoms with Crippen LogP contribution in [0.3, 0.4) is 0 Å². The van der Waals surface area contributed by atoms with Crippen LogP contribution in [0.5, 0.6) is 11.5 Å². The SMILES string of the molecule is C#CCOc1c(I)cc(C=NNC(=O)c2cccnc2Cl)cc1OCC. The minimum absolute atomic E-state index is 0.114. The summed E-state index contributed by atoms with van der Waals surface area (Å²) in [5.74, 6) is 3.10. The summed E-state index contributed by atoms with van der Waals surface area (Å²) >= 11 is 8.00. The van der Waals surface area contributed by atoms with Gasteiger partial charge in [0.2, 0.25) is 0 Å². The third-order valence-electron chi connectivity index (χ3n) is 3.01. The molecule has 0 aliphatic rings. The molecule has 1 aromatic heterocycles. The molecule has 0 spiro atoms. The fraction of sp³-hybridized carbons (Fsp3) is 0.167. The summed E-state index contributed by atoms with van der Waals surface area (Å²) in [6.07, 6.45) is 8.24. The van der Waals surface area contributed by atoms with Crippen molar-refractivity contribution >= 4 is 46.3 Å². The Balaban J connectivity index is 2.16. The van der Waals surface area contributed by atoms with Crippen LogP contribution in [0.4, 0.5) is 0 Å². The lowest BCUT2D eigenvalue weighted by molar-refractivity contribution is 0.0955. The molecule has 26 heavy (non-hydrogen) atoms. The molecular weight excluding hydrogens is 469 g/mol. The Morgan fingerprint density at radius 2 is 2.31 bits per heavy atom. The first-order valence-corrected chi connectivity index (χ1v) is 8.99. The number of benzene rings is 1. The minimum Gasteiger partial charge on any atom is -0.490 e. The highest BCUT2D eigenvalue weighted by Crippen LogP contribution is 2.33. The second-order valence-corrected chi connectivity index (χ2v) is 6.32. The lowest BCUT2D eigenvalue weighted by Gasteiger charge is -2.13. The van der Waals surface area contributed by atoms with Crippen LogP contribution >= 0.6 is 34.2 Å². The van der Waals surface area contributed by atoms with E-state index < -0.39 is 5.91 Å². The van der Waals surface area contributed by atoms with Gasteiger partial charge in [0.1, 0.15) is 11.8 Å². The van der Waals surface area contributed by atoms with E-state index >= 15 is 0 Å². The number of pyridine rings is 1. The fourth-order valence-electron chi connectivity index (χ4n) is 1.96. The van der Waals surface area contributed by atoms with Crippen molar-refractivity contribution in [3.63, 3.8) is 0 Å². The molecule has 2 aromatic rings. The van der Waals surface area contributed by atoms with Crippen molar-refractivity contribution in [3.8, 4) is 23.8 Å². The van der Waals surface area contributed by atoms with E-state index in [1.807, 2.05) is 13.0 Å². The van der Waals surface area contributed by atoms with Crippen LogP contribution in [0.15, 0.2) is 35.6 Å². The Kier molecular flexibility index (Phi) is 7.69. The first-order valence-electron chi connectivity index (χ1n) is 7.53. The van der Waals surface area contributed by atoms with Gasteiger partial charge >= 0.3 is 0 Å². The number of halogens is 2. The maximum absolute atomic E-state index is 12.1. The summed E-state index contributed by atoms with van der Waals surface area (Å²) in [4.78, 5) is 15.9. The van der Waals surface area contributed by atoms with Gasteiger partial charge in [0, 0.05) is 6.20 Å². The van der Waals surface area contributed by atoms with Crippen LogP contribution in [-0.2, 0) is 0 Å². The number of ether oxygens (including phenoxy) is 2. The normalized spacial score (nSPS) is 10.4. The Morgan fingerprint density at radius 1 is 1.50 bits per heavy atom. The van der Waals surface area contributed by atoms with Crippen molar-refractivity contribution in [2.75, 3.05) is 13.2 Å². The molecule has 1 N–H and O–H groups in total. The Hall–Kier alpha value is -2.31. The number of carbonyl (C=O) groups is 1. The van der Waals surface area contributed by atoms with Gasteiger partial charge in [-0.25, -0.2) is 10.4 Å². The van der Waals surface area contributed by atoms with Gasteiger partial charge in [-0.2, -0.15) is 5.10 Å². The number of carbonyl (C=O) groups excluding carboxylic acids is 1. The largest absolute Gasteiger partial charge is 0.490 e. The Morgan fingerprint density at radius 3 is 3.00 bits per heavy atom. The van der Waals surface area contributed by atoms with E-state index in [9.17, 15) is 4.79 Å². The fourth-order valence-corrected chi connectivity index (χ4v) is 2.95. The van der Waals surface area contributed by atoms with E-state index in [1.165, 1.54) is 12.4 Å². The number of hydrogen-bond donors (Lipinski definition) is 1. The third-order valence-corrected chi connectivity index (χ3v) is 4.12. The zero-order valence-electron chi connectivity index (χ0n) is 13.8. The standard InChI is InChI=1S/C18H15ClIN3O3/c1-3-8-26-16-14(20)9-12(10-15(16)25-4-2)11-22-23-18(24)13-6-5-7-21-17(13)19/h1,5-7,9-11H,4,8H2,2H3,(H,23,24). The summed E-state index contributed by atoms with van der Waals surface area (Å²) in [5, 5.41) is 4.06. The highest BCUT2D eigenvalue weighted by atomic mass is 127. The molecule has 1 aromatic carbocycles. The van der Waals surface area contributed by atoms with Crippen LogP contribution in [0.1, 0.15) is 22.8 Å². The molecule has 0 bridgehead atoms. The molecule has 0 aliphatic carbocycles. The molecule has 0 fully saturated rings. The predicted octanol–water partition coefficient (Wildman–Crippen LogP) is 3.51. The Labute approximate surface area is 170 Å². The van der Waals surface area contributed by atoms with Crippen LogP contribution in [0.25, 0.3) is 0 Å². The van der Waals surface area contributed by atoms with Crippen LogP contribution < -0.4 is 14.9 Å². The average Bonchev–Trinajstić information content (AvgIpc) is 2.61. The van der Waals surface area contributed by atoms with Gasteiger partial charge in [0.15, 0.2) is 11.5 Å². The summed E-state index contributed by atoms with van der Waals surface area (Å²) < 4.78 is 11.9. The highest BCUT2D eigenvalue weighted by Gasteiger charge is 2.12. The second kappa shape index (κ2) is 9.99. The van der Waals surface area contributed by atoms with Crippen LogP contribution in [0, 0.1) is 15.9 Å². The first kappa shape index (κ1) is 20.0. The molecule has 6 nitrogen and oxygen atoms in total. The van der Waals surface area contributed by atoms with Gasteiger partial charge in [0.25, 0.3) is 5.91 Å². The number of amides is 1. The number of rotatable bonds is 7. The molecule has 0 radical (unpaired) electrons. The maximum atomic E-state index is 12.1. The number of aromatic nitrogens is 1. The maximum Gasteiger partial charge on any atom is 0.274 e. The topological polar surface area (TPSA) is 72.8 Å². The molecular formula is C18H15ClIN3O3. The number of terminal acetylenes is 1. The van der Waals surface area contributed by atoms with Crippen molar-refractivity contribution in [1.82, 2.24) is 10.4 Å². The summed E-state index contributed by atoms with van der Waals surface area (Å²) in [7, 11) is 0. The quantitative estimate of drug-likeness (QED) is 0.215. The van der Waals surface area contributed by atoms with Crippen LogP contribution in [0.2, 0.25) is 5.15 Å². The summed E-state index contributed by atoms with van der Waals surface area (Å²) in [5.41, 5.74) is 3.38. The van der Waals surface area contributed by atoms with Gasteiger partial charge in [-0.05, 0) is 59.3 Å². The lowest BCUT2D eigenvalue weighted by atomic mass is 10.2. The van der Waals surface area contributed by atoms with Gasteiger partial charge in [-0.1, -0.05) is 17.5 Å². The molecule has 0 aliphatic heterocycles. The second-order valence-electron chi connectivity index (χ2n) is 4.80. The third kappa shape index (κ3) is 5.34. The van der Waals surface area contributed by atoms with Crippen molar-refractivity contribution < 1.29 is 14.3 Å². The molecule has 8 heteroatoms. The molecule has 0 saturated heterocycles. The number of nitrogens with zero attached hydrogens (tertiary/aromatic N) is 2. The monoisotopic (exact) mass is 483 g/mol. The van der Waals surface area contributed by atoms with Crippen molar-refractivity contribution in [2.24, 2.45) is 5.10 Å².